The fourth-order valence-electron chi connectivity index (χ4n) is 2.54. The highest BCUT2D eigenvalue weighted by atomic mass is 19.1. The molecule has 2 nitrogen and oxygen atoms in total. The van der Waals surface area contributed by atoms with Gasteiger partial charge < -0.3 is 10.1 Å². The van der Waals surface area contributed by atoms with E-state index < -0.39 is 0 Å². The largest absolute Gasteiger partial charge is 0.373 e. The van der Waals surface area contributed by atoms with Crippen molar-refractivity contribution in [2.45, 2.75) is 45.3 Å². The smallest absolute Gasteiger partial charge is 0.123 e. The number of hydrogen-bond donors (Lipinski definition) is 1. The van der Waals surface area contributed by atoms with E-state index in [0.717, 1.165) is 31.6 Å². The van der Waals surface area contributed by atoms with Gasteiger partial charge in [0.2, 0.25) is 0 Å². The Balaban J connectivity index is 2.07. The lowest BCUT2D eigenvalue weighted by Gasteiger charge is -2.34. The van der Waals surface area contributed by atoms with Crippen LogP contribution in [0.5, 0.6) is 0 Å². The molecule has 1 aliphatic rings. The van der Waals surface area contributed by atoms with Crippen molar-refractivity contribution in [3.05, 3.63) is 35.6 Å². The fraction of sp³-hybridized carbons (Fsp3) is 0.625. The summed E-state index contributed by atoms with van der Waals surface area (Å²) in [7, 11) is 0. The summed E-state index contributed by atoms with van der Waals surface area (Å²) in [6.45, 7) is 8.16. The molecule has 0 amide bonds. The maximum Gasteiger partial charge on any atom is 0.123 e. The molecule has 106 valence electrons. The molecule has 1 aromatic carbocycles. The summed E-state index contributed by atoms with van der Waals surface area (Å²) >= 11 is 0. The summed E-state index contributed by atoms with van der Waals surface area (Å²) < 4.78 is 19.2. The number of rotatable bonds is 3. The van der Waals surface area contributed by atoms with Gasteiger partial charge in [-0.3, -0.25) is 0 Å². The van der Waals surface area contributed by atoms with Crippen molar-refractivity contribution in [1.29, 1.82) is 0 Å². The Labute approximate surface area is 115 Å². The van der Waals surface area contributed by atoms with Crippen LogP contribution in [0.1, 0.15) is 45.3 Å². The van der Waals surface area contributed by atoms with E-state index in [0.29, 0.717) is 5.92 Å². The number of hydrogen-bond acceptors (Lipinski definition) is 2. The number of nitrogens with one attached hydrogen (secondary N) is 1. The van der Waals surface area contributed by atoms with Crippen molar-refractivity contribution < 1.29 is 9.13 Å². The van der Waals surface area contributed by atoms with Gasteiger partial charge in [-0.2, -0.15) is 0 Å². The first-order valence-corrected chi connectivity index (χ1v) is 7.08. The third-order valence-corrected chi connectivity index (χ3v) is 3.52. The third-order valence-electron chi connectivity index (χ3n) is 3.52. The van der Waals surface area contributed by atoms with Gasteiger partial charge in [0.1, 0.15) is 5.82 Å². The van der Waals surface area contributed by atoms with Crippen molar-refractivity contribution in [3.8, 4) is 0 Å². The summed E-state index contributed by atoms with van der Waals surface area (Å²) in [6.07, 6.45) is 2.23. The zero-order chi connectivity index (χ0) is 13.9. The van der Waals surface area contributed by atoms with Crippen molar-refractivity contribution >= 4 is 0 Å². The van der Waals surface area contributed by atoms with Gasteiger partial charge in [0, 0.05) is 24.6 Å². The Morgan fingerprint density at radius 1 is 1.37 bits per heavy atom. The van der Waals surface area contributed by atoms with Crippen LogP contribution < -0.4 is 5.32 Å². The van der Waals surface area contributed by atoms with Gasteiger partial charge in [-0.05, 0) is 51.3 Å². The number of benzene rings is 1. The van der Waals surface area contributed by atoms with E-state index in [1.165, 1.54) is 6.07 Å². The minimum absolute atomic E-state index is 0.0132. The van der Waals surface area contributed by atoms with Crippen LogP contribution >= 0.6 is 0 Å². The second-order valence-corrected chi connectivity index (χ2v) is 6.38. The van der Waals surface area contributed by atoms with Crippen LogP contribution in [0.4, 0.5) is 4.39 Å². The first-order valence-electron chi connectivity index (χ1n) is 7.08. The molecular formula is C16H24FNO. The lowest BCUT2D eigenvalue weighted by molar-refractivity contribution is -0.0294. The Morgan fingerprint density at radius 2 is 2.16 bits per heavy atom. The summed E-state index contributed by atoms with van der Waals surface area (Å²) in [5.41, 5.74) is 1.06. The van der Waals surface area contributed by atoms with Crippen molar-refractivity contribution in [2.75, 3.05) is 13.2 Å². The van der Waals surface area contributed by atoms with Gasteiger partial charge >= 0.3 is 0 Å². The monoisotopic (exact) mass is 265 g/mol. The molecular weight excluding hydrogens is 241 g/mol. The molecule has 1 saturated heterocycles. The zero-order valence-corrected chi connectivity index (χ0v) is 12.1. The molecule has 2 unspecified atom stereocenters. The van der Waals surface area contributed by atoms with E-state index in [2.05, 4.69) is 26.1 Å². The van der Waals surface area contributed by atoms with Gasteiger partial charge in [-0.15, -0.1) is 0 Å². The lowest BCUT2D eigenvalue weighted by Crippen LogP contribution is -2.41. The van der Waals surface area contributed by atoms with Gasteiger partial charge in [-0.1, -0.05) is 12.1 Å². The average Bonchev–Trinajstić information content (AvgIpc) is 2.36. The summed E-state index contributed by atoms with van der Waals surface area (Å²) in [5.74, 6) is 0.226. The van der Waals surface area contributed by atoms with Gasteiger partial charge in [0.25, 0.3) is 0 Å². The lowest BCUT2D eigenvalue weighted by atomic mass is 9.88. The molecule has 0 aliphatic carbocycles. The van der Waals surface area contributed by atoms with Crippen molar-refractivity contribution in [2.24, 2.45) is 5.92 Å². The molecule has 0 spiro atoms. The maximum atomic E-state index is 13.4. The standard InChI is InChI=1S/C16H24FNO/c1-16(2,3)18-11-13-7-5-9-19-15(13)12-6-4-8-14(17)10-12/h4,6,8,10,13,15,18H,5,7,9,11H2,1-3H3. The second-order valence-electron chi connectivity index (χ2n) is 6.38. The molecule has 0 saturated carbocycles. The quantitative estimate of drug-likeness (QED) is 0.900. The summed E-state index contributed by atoms with van der Waals surface area (Å²) in [5, 5.41) is 3.53. The van der Waals surface area contributed by atoms with Crippen LogP contribution in [-0.2, 0) is 4.74 Å². The predicted molar refractivity (Wildman–Crippen MR) is 75.6 cm³/mol. The molecule has 1 heterocycles. The van der Waals surface area contributed by atoms with Crippen LogP contribution in [0.3, 0.4) is 0 Å². The van der Waals surface area contributed by atoms with Crippen LogP contribution in [0, 0.1) is 11.7 Å². The van der Waals surface area contributed by atoms with E-state index in [1.54, 1.807) is 12.1 Å². The average molecular weight is 265 g/mol. The molecule has 2 rings (SSSR count). The minimum Gasteiger partial charge on any atom is -0.373 e. The molecule has 0 aromatic heterocycles. The summed E-state index contributed by atoms with van der Waals surface area (Å²) in [4.78, 5) is 0. The molecule has 1 aliphatic heterocycles. The highest BCUT2D eigenvalue weighted by Gasteiger charge is 2.28. The minimum atomic E-state index is -0.186. The van der Waals surface area contributed by atoms with Crippen LogP contribution in [-0.4, -0.2) is 18.7 Å². The van der Waals surface area contributed by atoms with E-state index in [1.807, 2.05) is 6.07 Å². The van der Waals surface area contributed by atoms with E-state index in [9.17, 15) is 4.39 Å². The number of ether oxygens (including phenoxy) is 1. The third kappa shape index (κ3) is 4.29. The first kappa shape index (κ1) is 14.5. The zero-order valence-electron chi connectivity index (χ0n) is 12.1. The molecule has 0 bridgehead atoms. The maximum absolute atomic E-state index is 13.4. The Kier molecular flexibility index (Phi) is 4.58. The molecule has 1 fully saturated rings. The van der Waals surface area contributed by atoms with E-state index >= 15 is 0 Å². The van der Waals surface area contributed by atoms with E-state index in [4.69, 9.17) is 4.74 Å². The molecule has 1 aromatic rings. The topological polar surface area (TPSA) is 21.3 Å². The Morgan fingerprint density at radius 3 is 2.84 bits per heavy atom. The summed E-state index contributed by atoms with van der Waals surface area (Å²) in [6, 6.07) is 6.80. The van der Waals surface area contributed by atoms with Crippen LogP contribution in [0.25, 0.3) is 0 Å². The molecule has 0 radical (unpaired) electrons. The van der Waals surface area contributed by atoms with Crippen molar-refractivity contribution in [3.63, 3.8) is 0 Å². The molecule has 2 atom stereocenters. The number of halogens is 1. The highest BCUT2D eigenvalue weighted by Crippen LogP contribution is 2.33. The second kappa shape index (κ2) is 6.02. The molecule has 1 N–H and O–H groups in total. The normalized spacial score (nSPS) is 24.4. The van der Waals surface area contributed by atoms with E-state index in [-0.39, 0.29) is 17.5 Å². The van der Waals surface area contributed by atoms with Gasteiger partial charge in [-0.25, -0.2) is 4.39 Å². The predicted octanol–water partition coefficient (Wildman–Crippen LogP) is 3.68. The van der Waals surface area contributed by atoms with Crippen LogP contribution in [0.2, 0.25) is 0 Å². The fourth-order valence-corrected chi connectivity index (χ4v) is 2.54. The highest BCUT2D eigenvalue weighted by molar-refractivity contribution is 5.20. The molecule has 3 heteroatoms. The van der Waals surface area contributed by atoms with Gasteiger partial charge in [0.05, 0.1) is 6.10 Å². The Hall–Kier alpha value is -0.930. The first-order chi connectivity index (χ1) is 8.96. The SMILES string of the molecule is CC(C)(C)NCC1CCCOC1c1cccc(F)c1. The molecule has 19 heavy (non-hydrogen) atoms. The van der Waals surface area contributed by atoms with Crippen molar-refractivity contribution in [1.82, 2.24) is 5.32 Å². The Bertz CT molecular complexity index is 413. The van der Waals surface area contributed by atoms with Gasteiger partial charge in [0.15, 0.2) is 0 Å². The van der Waals surface area contributed by atoms with Crippen LogP contribution in [0.15, 0.2) is 24.3 Å².